The van der Waals surface area contributed by atoms with Crippen molar-refractivity contribution in [2.75, 3.05) is 185 Å². The Hall–Kier alpha value is -5.32. The second-order valence-corrected chi connectivity index (χ2v) is 45.0. The highest BCUT2D eigenvalue weighted by atomic mass is 16.6. The summed E-state index contributed by atoms with van der Waals surface area (Å²) >= 11 is 0. The lowest BCUT2D eigenvalue weighted by molar-refractivity contribution is -0.129. The molecule has 2 atom stereocenters. The fourth-order valence-corrected chi connectivity index (χ4v) is 21.7. The van der Waals surface area contributed by atoms with Crippen molar-refractivity contribution in [1.29, 1.82) is 0 Å². The Balaban J connectivity index is 0.881. The van der Waals surface area contributed by atoms with Crippen LogP contribution in [0, 0.1) is 33.5 Å². The molecule has 0 fully saturated rings. The molecule has 145 heavy (non-hydrogen) atoms. The van der Waals surface area contributed by atoms with Crippen molar-refractivity contribution in [1.82, 2.24) is 31.9 Å². The number of hydrogen-bond donors (Lipinski definition) is 6. The maximum absolute atomic E-state index is 13.6. The molecule has 0 heterocycles. The van der Waals surface area contributed by atoms with Crippen LogP contribution in [0.5, 0.6) is 0 Å². The lowest BCUT2D eigenvalue weighted by Crippen LogP contribution is -2.33. The summed E-state index contributed by atoms with van der Waals surface area (Å²) in [5.41, 5.74) is 14.6. The average molecular weight is 2050 g/mol. The quantitative estimate of drug-likeness (QED) is 0.0243. The number of amides is 6. The van der Waals surface area contributed by atoms with Gasteiger partial charge in [-0.3, -0.25) is 38.4 Å². The third-order valence-corrected chi connectivity index (χ3v) is 30.5. The minimum Gasteiger partial charge on any atom is -0.379 e. The van der Waals surface area contributed by atoms with Crippen LogP contribution in [0.15, 0.2) is 44.6 Å². The van der Waals surface area contributed by atoms with Crippen LogP contribution in [-0.2, 0) is 90.5 Å². The summed E-state index contributed by atoms with van der Waals surface area (Å²) in [6.45, 7) is 40.8. The number of hydrogen-bond acceptors (Lipinski definition) is 19. The van der Waals surface area contributed by atoms with Gasteiger partial charge in [-0.1, -0.05) is 216 Å². The van der Waals surface area contributed by atoms with E-state index >= 15 is 0 Å². The molecule has 4 rings (SSSR count). The van der Waals surface area contributed by atoms with Gasteiger partial charge >= 0.3 is 0 Å². The Bertz CT molecular complexity index is 3330. The average Bonchev–Trinajstić information content (AvgIpc) is 0.836. The number of rotatable bonds is 98. The van der Waals surface area contributed by atoms with E-state index in [1.807, 2.05) is 0 Å². The van der Waals surface area contributed by atoms with E-state index in [1.165, 1.54) is 193 Å². The van der Waals surface area contributed by atoms with Crippen molar-refractivity contribution in [3.05, 3.63) is 44.6 Å². The standard InChI is InChI=1S/C120H216N6O19/c1-99-49-41-65-117(5,6)107(99)57-31-23-15-13-21-29-55-105(127)97-103(53-37-39-69-121-111(129)61-35-27-19-17-25-33-59-109-101(3)51-43-67-119(109,9)10)115(133)125-73-47-77-137-83-89-141-87-81-135-75-45-71-123-113(131)63-79-139-85-91-143-93-95-145-96-94-144-92-86-140-80-64-114(132)124-72-46-76-136-82-88-142-90-84-138-78-48-74-126-116(134)104(98-106(128)56-30-22-14-16-24-32-58-108-100(2)50-42-66-118(108,7)8)54-38-40-70-122-112(130)62-36-28-20-18-26-34-60-110-102(4)52-44-68-120(110,11)12/h103-104H,13-98H2,1-12H3,(H,121,129)(H,122,130)(H,123,131)(H,124,132)(H,125,133)(H,126,134)/t103-,104-/m1/s1. The largest absolute Gasteiger partial charge is 0.379 e. The Morgan fingerprint density at radius 2 is 0.421 bits per heavy atom. The van der Waals surface area contributed by atoms with Crippen molar-refractivity contribution in [2.24, 2.45) is 33.5 Å². The fraction of sp³-hybridized carbons (Fsp3) is 0.867. The lowest BCUT2D eigenvalue weighted by Gasteiger charge is -2.34. The zero-order chi connectivity index (χ0) is 105. The molecule has 0 aromatic heterocycles. The molecule has 0 radical (unpaired) electrons. The van der Waals surface area contributed by atoms with Crippen molar-refractivity contribution in [3.8, 4) is 0 Å². The van der Waals surface area contributed by atoms with Gasteiger partial charge in [-0.2, -0.15) is 0 Å². The second kappa shape index (κ2) is 85.2. The molecule has 0 aromatic carbocycles. The molecule has 0 bridgehead atoms. The van der Waals surface area contributed by atoms with E-state index in [4.69, 9.17) is 52.1 Å². The van der Waals surface area contributed by atoms with Crippen molar-refractivity contribution in [3.63, 3.8) is 0 Å². The van der Waals surface area contributed by atoms with Crippen LogP contribution in [-0.4, -0.2) is 232 Å². The number of unbranched alkanes of at least 4 members (excludes halogenated alkanes) is 22. The van der Waals surface area contributed by atoms with Crippen LogP contribution in [0.25, 0.3) is 0 Å². The smallest absolute Gasteiger partial charge is 0.223 e. The van der Waals surface area contributed by atoms with Crippen LogP contribution < -0.4 is 31.9 Å². The molecule has 4 aliphatic carbocycles. The summed E-state index contributed by atoms with van der Waals surface area (Å²) < 4.78 is 62.2. The first kappa shape index (κ1) is 132. The van der Waals surface area contributed by atoms with Crippen molar-refractivity contribution < 1.29 is 90.5 Å². The highest BCUT2D eigenvalue weighted by Gasteiger charge is 2.33. The summed E-state index contributed by atoms with van der Waals surface area (Å²) in [7, 11) is 0. The number of ether oxygens (including phenoxy) is 11. The van der Waals surface area contributed by atoms with E-state index in [-0.39, 0.29) is 84.5 Å². The van der Waals surface area contributed by atoms with Gasteiger partial charge in [0.05, 0.1) is 119 Å². The van der Waals surface area contributed by atoms with Gasteiger partial charge in [0, 0.05) is 129 Å². The van der Waals surface area contributed by atoms with E-state index in [0.717, 1.165) is 89.9 Å². The summed E-state index contributed by atoms with van der Waals surface area (Å²) in [5.74, 6) is -0.572. The maximum atomic E-state index is 13.6. The highest BCUT2D eigenvalue weighted by molar-refractivity contribution is 5.87. The topological polar surface area (TPSA) is 310 Å². The van der Waals surface area contributed by atoms with Gasteiger partial charge in [-0.05, 0) is 255 Å². The van der Waals surface area contributed by atoms with Crippen LogP contribution in [0.3, 0.4) is 0 Å². The number of nitrogens with one attached hydrogen (secondary N) is 6. The Labute approximate surface area is 882 Å². The first-order valence-electron chi connectivity index (χ1n) is 58.9. The highest BCUT2D eigenvalue weighted by Crippen LogP contribution is 2.46. The third-order valence-electron chi connectivity index (χ3n) is 30.5. The van der Waals surface area contributed by atoms with Crippen LogP contribution >= 0.6 is 0 Å². The molecule has 0 saturated heterocycles. The molecule has 0 aromatic rings. The first-order valence-corrected chi connectivity index (χ1v) is 58.9. The molecule has 0 unspecified atom stereocenters. The number of Topliss-reactive ketones (excluding diaryl/α,β-unsaturated/α-hetero) is 2. The molecule has 25 heteroatoms. The van der Waals surface area contributed by atoms with E-state index < -0.39 is 0 Å². The van der Waals surface area contributed by atoms with Gasteiger partial charge in [-0.25, -0.2) is 0 Å². The van der Waals surface area contributed by atoms with Crippen molar-refractivity contribution >= 4 is 47.0 Å². The predicted octanol–water partition coefficient (Wildman–Crippen LogP) is 24.3. The molecule has 0 saturated carbocycles. The number of allylic oxidation sites excluding steroid dienone is 8. The minimum absolute atomic E-state index is 0.0781. The lowest BCUT2D eigenvalue weighted by atomic mass is 9.71. The normalized spacial score (nSPS) is 16.1. The monoisotopic (exact) mass is 2050 g/mol. The zero-order valence-electron chi connectivity index (χ0n) is 94.7. The first-order chi connectivity index (χ1) is 70.1. The van der Waals surface area contributed by atoms with E-state index in [9.17, 15) is 38.4 Å². The Morgan fingerprint density at radius 1 is 0.221 bits per heavy atom. The van der Waals surface area contributed by atoms with E-state index in [2.05, 4.69) is 115 Å². The fourth-order valence-electron chi connectivity index (χ4n) is 21.7. The van der Waals surface area contributed by atoms with Gasteiger partial charge in [0.25, 0.3) is 0 Å². The Kier molecular flexibility index (Phi) is 77.5. The van der Waals surface area contributed by atoms with Gasteiger partial charge in [-0.15, -0.1) is 0 Å². The van der Waals surface area contributed by atoms with Crippen molar-refractivity contribution in [2.45, 2.75) is 455 Å². The van der Waals surface area contributed by atoms with Crippen LogP contribution in [0.1, 0.15) is 455 Å². The van der Waals surface area contributed by atoms with Gasteiger partial charge < -0.3 is 84.0 Å². The number of ketones is 2. The minimum atomic E-state index is -0.386. The van der Waals surface area contributed by atoms with E-state index in [1.54, 1.807) is 44.6 Å². The number of carbonyl (C=O) groups excluding carboxylic acids is 8. The van der Waals surface area contributed by atoms with E-state index in [0.29, 0.717) is 270 Å². The predicted molar refractivity (Wildman–Crippen MR) is 588 cm³/mol. The summed E-state index contributed by atoms with van der Waals surface area (Å²) in [6.07, 6.45) is 57.7. The van der Waals surface area contributed by atoms with Crippen LogP contribution in [0.4, 0.5) is 0 Å². The molecule has 25 nitrogen and oxygen atoms in total. The molecule has 4 aliphatic rings. The summed E-state index contributed by atoms with van der Waals surface area (Å²) in [4.78, 5) is 104. The molecule has 0 aliphatic heterocycles. The molecule has 0 spiro atoms. The third kappa shape index (κ3) is 68.4. The van der Waals surface area contributed by atoms with Gasteiger partial charge in [0.1, 0.15) is 11.6 Å². The second-order valence-electron chi connectivity index (χ2n) is 45.0. The zero-order valence-corrected chi connectivity index (χ0v) is 94.7. The molecule has 6 amide bonds. The summed E-state index contributed by atoms with van der Waals surface area (Å²) in [6, 6.07) is 0. The van der Waals surface area contributed by atoms with Crippen LogP contribution in [0.2, 0.25) is 0 Å². The maximum Gasteiger partial charge on any atom is 0.223 e. The molecule has 6 N–H and O–H groups in total. The Morgan fingerprint density at radius 3 is 0.669 bits per heavy atom. The summed E-state index contributed by atoms with van der Waals surface area (Å²) in [5, 5.41) is 18.2. The SMILES string of the molecule is CC1=C(CCCCCCCCC(=O)C[C@@H](CCCCNC(=O)CCCCCCCCC2=C(C)CCCC2(C)C)C(=O)NCCCOCCOCCOCCCNC(=O)CCOCCOCCOCCOCCOCCC(=O)NCCCOCCOCCOCCCNC(=O)[C@H](CCCCNC(=O)CCCCCCCCC2=C(C)CCCC2(C)C)CC(=O)CCCCCCCCC2=C(C)CCCC2(C)C)C(C)(C)CCC1. The number of carbonyl (C=O) groups is 8. The van der Waals surface area contributed by atoms with Gasteiger partial charge in [0.2, 0.25) is 35.4 Å². The molecule has 840 valence electrons. The van der Waals surface area contributed by atoms with Gasteiger partial charge in [0.15, 0.2) is 0 Å². The molecular formula is C120H216N6O19. The molecular weight excluding hydrogens is 1830 g/mol.